The Bertz CT molecular complexity index is 856. The van der Waals surface area contributed by atoms with Gasteiger partial charge in [0.05, 0.1) is 12.7 Å². The number of hydrogen-bond donors (Lipinski definition) is 0. The summed E-state index contributed by atoms with van der Waals surface area (Å²) >= 11 is 7.97. The number of thioether (sulfide) groups is 1. The summed E-state index contributed by atoms with van der Waals surface area (Å²) in [6.07, 6.45) is 2.17. The number of hydrogen-bond acceptors (Lipinski definition) is 5. The predicted octanol–water partition coefficient (Wildman–Crippen LogP) is 3.38. The Kier molecular flexibility index (Phi) is 5.22. The van der Waals surface area contributed by atoms with Crippen LogP contribution in [0, 0.1) is 0 Å². The van der Waals surface area contributed by atoms with Crippen LogP contribution in [-0.2, 0) is 11.3 Å². The lowest BCUT2D eigenvalue weighted by atomic mass is 10.2. The molecule has 4 rings (SSSR count). The fourth-order valence-electron chi connectivity index (χ4n) is 2.98. The molecule has 1 fully saturated rings. The third-order valence-corrected chi connectivity index (χ3v) is 5.70. The highest BCUT2D eigenvalue weighted by molar-refractivity contribution is 7.99. The second kappa shape index (κ2) is 7.74. The van der Waals surface area contributed by atoms with E-state index in [1.165, 1.54) is 5.56 Å². The van der Waals surface area contributed by atoms with Gasteiger partial charge in [0, 0.05) is 36.6 Å². The van der Waals surface area contributed by atoms with E-state index in [9.17, 15) is 0 Å². The third kappa shape index (κ3) is 3.98. The molecule has 1 atom stereocenters. The highest BCUT2D eigenvalue weighted by Gasteiger charge is 2.22. The molecule has 0 bridgehead atoms. The van der Waals surface area contributed by atoms with Crippen LogP contribution in [0.15, 0.2) is 53.8 Å². The summed E-state index contributed by atoms with van der Waals surface area (Å²) in [5.74, 6) is 0.856. The maximum Gasteiger partial charge on any atom is 0.195 e. The topological polar surface area (TPSA) is 42.7 Å². The molecular weight excluding hydrogens is 356 g/mol. The first-order valence-electron chi connectivity index (χ1n) is 8.29. The van der Waals surface area contributed by atoms with E-state index in [0.29, 0.717) is 0 Å². The van der Waals surface area contributed by atoms with Gasteiger partial charge in [-0.2, -0.15) is 0 Å². The Morgan fingerprint density at radius 3 is 2.96 bits per heavy atom. The van der Waals surface area contributed by atoms with Gasteiger partial charge in [0.15, 0.2) is 10.8 Å². The van der Waals surface area contributed by atoms with E-state index in [0.717, 1.165) is 47.8 Å². The third-order valence-electron chi connectivity index (χ3n) is 4.26. The monoisotopic (exact) mass is 374 g/mol. The largest absolute Gasteiger partial charge is 0.375 e. The standard InChI is InChI=1S/C18H19ClN4OS/c19-16-6-2-1-5-14(16)11-22-9-10-24-15(12-22)13-25-18-21-20-17-7-3-4-8-23(17)18/h1-8,15H,9-13H2. The van der Waals surface area contributed by atoms with E-state index < -0.39 is 0 Å². The lowest BCUT2D eigenvalue weighted by molar-refractivity contribution is -0.0187. The van der Waals surface area contributed by atoms with Crippen LogP contribution in [0.1, 0.15) is 5.56 Å². The Morgan fingerprint density at radius 1 is 1.16 bits per heavy atom. The summed E-state index contributed by atoms with van der Waals surface area (Å²) < 4.78 is 7.94. The van der Waals surface area contributed by atoms with E-state index in [1.54, 1.807) is 11.8 Å². The molecule has 7 heteroatoms. The Morgan fingerprint density at radius 2 is 2.04 bits per heavy atom. The molecule has 0 saturated carbocycles. The Balaban J connectivity index is 1.36. The summed E-state index contributed by atoms with van der Waals surface area (Å²) in [5.41, 5.74) is 2.04. The lowest BCUT2D eigenvalue weighted by Gasteiger charge is -2.32. The van der Waals surface area contributed by atoms with Gasteiger partial charge in [-0.05, 0) is 23.8 Å². The molecule has 0 radical (unpaired) electrons. The molecule has 1 aromatic carbocycles. The Hall–Kier alpha value is -1.60. The van der Waals surface area contributed by atoms with Gasteiger partial charge in [0.25, 0.3) is 0 Å². The molecule has 2 aromatic heterocycles. The molecule has 1 aliphatic rings. The van der Waals surface area contributed by atoms with Crippen LogP contribution in [0.4, 0.5) is 0 Å². The molecule has 0 N–H and O–H groups in total. The zero-order chi connectivity index (χ0) is 17.1. The first-order chi connectivity index (χ1) is 12.3. The van der Waals surface area contributed by atoms with E-state index >= 15 is 0 Å². The molecular formula is C18H19ClN4OS. The van der Waals surface area contributed by atoms with Crippen molar-refractivity contribution in [2.75, 3.05) is 25.4 Å². The molecule has 130 valence electrons. The van der Waals surface area contributed by atoms with Gasteiger partial charge >= 0.3 is 0 Å². The summed E-state index contributed by atoms with van der Waals surface area (Å²) in [4.78, 5) is 2.40. The number of benzene rings is 1. The average Bonchev–Trinajstić information content (AvgIpc) is 3.06. The van der Waals surface area contributed by atoms with Gasteiger partial charge in [0.1, 0.15) is 0 Å². The molecule has 1 unspecified atom stereocenters. The highest BCUT2D eigenvalue weighted by Crippen LogP contribution is 2.22. The molecule has 0 spiro atoms. The van der Waals surface area contributed by atoms with Crippen molar-refractivity contribution in [3.63, 3.8) is 0 Å². The lowest BCUT2D eigenvalue weighted by Crippen LogP contribution is -2.43. The van der Waals surface area contributed by atoms with Crippen molar-refractivity contribution in [1.82, 2.24) is 19.5 Å². The zero-order valence-corrected chi connectivity index (χ0v) is 15.3. The molecule has 1 aliphatic heterocycles. The summed E-state index contributed by atoms with van der Waals surface area (Å²) in [5, 5.41) is 10.2. The minimum atomic E-state index is 0.178. The van der Waals surface area contributed by atoms with E-state index in [2.05, 4.69) is 21.2 Å². The first-order valence-corrected chi connectivity index (χ1v) is 9.66. The number of aromatic nitrogens is 3. The van der Waals surface area contributed by atoms with E-state index in [-0.39, 0.29) is 6.10 Å². The van der Waals surface area contributed by atoms with Crippen molar-refractivity contribution in [3.05, 3.63) is 59.2 Å². The number of halogens is 1. The highest BCUT2D eigenvalue weighted by atomic mass is 35.5. The van der Waals surface area contributed by atoms with E-state index in [4.69, 9.17) is 16.3 Å². The quantitative estimate of drug-likeness (QED) is 0.640. The normalized spacial score (nSPS) is 18.7. The molecule has 5 nitrogen and oxygen atoms in total. The summed E-state index contributed by atoms with van der Waals surface area (Å²) in [7, 11) is 0. The Labute approximate surface area is 155 Å². The van der Waals surface area contributed by atoms with Crippen LogP contribution in [-0.4, -0.2) is 51.1 Å². The van der Waals surface area contributed by atoms with Crippen molar-refractivity contribution in [2.24, 2.45) is 0 Å². The van der Waals surface area contributed by atoms with Crippen molar-refractivity contribution >= 4 is 29.0 Å². The SMILES string of the molecule is Clc1ccccc1CN1CCOC(CSc2nnc3ccccn23)C1. The second-order valence-electron chi connectivity index (χ2n) is 6.04. The fraction of sp³-hybridized carbons (Fsp3) is 0.333. The van der Waals surface area contributed by atoms with Crippen LogP contribution in [0.2, 0.25) is 5.02 Å². The smallest absolute Gasteiger partial charge is 0.195 e. The van der Waals surface area contributed by atoms with Crippen molar-refractivity contribution in [1.29, 1.82) is 0 Å². The predicted molar refractivity (Wildman–Crippen MR) is 100 cm³/mol. The number of pyridine rings is 1. The van der Waals surface area contributed by atoms with Gasteiger partial charge < -0.3 is 4.74 Å². The van der Waals surface area contributed by atoms with Crippen molar-refractivity contribution in [3.8, 4) is 0 Å². The zero-order valence-electron chi connectivity index (χ0n) is 13.7. The van der Waals surface area contributed by atoms with E-state index in [1.807, 2.05) is 47.0 Å². The average molecular weight is 375 g/mol. The van der Waals surface area contributed by atoms with Gasteiger partial charge in [-0.3, -0.25) is 9.30 Å². The first kappa shape index (κ1) is 16.8. The van der Waals surface area contributed by atoms with Gasteiger partial charge in [0.2, 0.25) is 0 Å². The van der Waals surface area contributed by atoms with Gasteiger partial charge in [-0.15, -0.1) is 10.2 Å². The van der Waals surface area contributed by atoms with Gasteiger partial charge in [-0.1, -0.05) is 47.6 Å². The van der Waals surface area contributed by atoms with Crippen LogP contribution in [0.25, 0.3) is 5.65 Å². The number of rotatable bonds is 5. The van der Waals surface area contributed by atoms with Gasteiger partial charge in [-0.25, -0.2) is 0 Å². The number of fused-ring (bicyclic) bond motifs is 1. The molecule has 3 aromatic rings. The van der Waals surface area contributed by atoms with Crippen molar-refractivity contribution in [2.45, 2.75) is 17.8 Å². The van der Waals surface area contributed by atoms with Crippen LogP contribution in [0.3, 0.4) is 0 Å². The number of nitrogens with zero attached hydrogens (tertiary/aromatic N) is 4. The van der Waals surface area contributed by atoms with Crippen LogP contribution < -0.4 is 0 Å². The van der Waals surface area contributed by atoms with Crippen LogP contribution in [0.5, 0.6) is 0 Å². The minimum absolute atomic E-state index is 0.178. The minimum Gasteiger partial charge on any atom is -0.375 e. The molecule has 1 saturated heterocycles. The maximum absolute atomic E-state index is 6.28. The molecule has 3 heterocycles. The van der Waals surface area contributed by atoms with Crippen LogP contribution >= 0.6 is 23.4 Å². The summed E-state index contributed by atoms with van der Waals surface area (Å²) in [6, 6.07) is 13.9. The van der Waals surface area contributed by atoms with Crippen molar-refractivity contribution < 1.29 is 4.74 Å². The molecule has 25 heavy (non-hydrogen) atoms. The second-order valence-corrected chi connectivity index (χ2v) is 7.44. The summed E-state index contributed by atoms with van der Waals surface area (Å²) in [6.45, 7) is 3.43. The fourth-order valence-corrected chi connectivity index (χ4v) is 4.10. The molecule has 0 aliphatic carbocycles. The number of ether oxygens (including phenoxy) is 1. The maximum atomic E-state index is 6.28. The molecule has 0 amide bonds. The number of morpholine rings is 1.